The summed E-state index contributed by atoms with van der Waals surface area (Å²) < 4.78 is 106. The number of halogens is 8. The van der Waals surface area contributed by atoms with Crippen molar-refractivity contribution in [3.05, 3.63) is 23.8 Å². The molecule has 2 amide bonds. The monoisotopic (exact) mass is 421 g/mol. The van der Waals surface area contributed by atoms with Crippen molar-refractivity contribution < 1.29 is 49.4 Å². The van der Waals surface area contributed by atoms with E-state index in [9.17, 15) is 44.7 Å². The molecule has 0 spiro atoms. The number of rotatable bonds is 2. The zero-order valence-electron chi connectivity index (χ0n) is 13.6. The average molecular weight is 421 g/mol. The molecule has 1 aromatic rings. The predicted octanol–water partition coefficient (Wildman–Crippen LogP) is 2.71. The van der Waals surface area contributed by atoms with Crippen LogP contribution in [0.4, 0.5) is 51.3 Å². The van der Waals surface area contributed by atoms with Gasteiger partial charge in [-0.25, -0.2) is 13.6 Å². The van der Waals surface area contributed by atoms with E-state index in [0.717, 1.165) is 0 Å². The molecule has 6 nitrogen and oxygen atoms in total. The lowest BCUT2D eigenvalue weighted by Gasteiger charge is -2.26. The third-order valence-corrected chi connectivity index (χ3v) is 3.48. The normalized spacial score (nSPS) is 18.0. The summed E-state index contributed by atoms with van der Waals surface area (Å²) in [7, 11) is 0. The maximum atomic E-state index is 13.6. The fourth-order valence-corrected chi connectivity index (χ4v) is 2.39. The first kappa shape index (κ1) is 21.7. The molecule has 1 aliphatic rings. The molecule has 0 aliphatic carbocycles. The highest BCUT2D eigenvalue weighted by Crippen LogP contribution is 2.37. The Morgan fingerprint density at radius 3 is 2.11 bits per heavy atom. The van der Waals surface area contributed by atoms with Crippen LogP contribution in [0.2, 0.25) is 0 Å². The van der Waals surface area contributed by atoms with Crippen LogP contribution in [0.3, 0.4) is 0 Å². The van der Waals surface area contributed by atoms with E-state index in [4.69, 9.17) is 5.73 Å². The van der Waals surface area contributed by atoms with Gasteiger partial charge in [-0.15, -0.1) is 0 Å². The average Bonchev–Trinajstić information content (AvgIpc) is 2.63. The van der Waals surface area contributed by atoms with Gasteiger partial charge in [-0.2, -0.15) is 26.3 Å². The molecule has 1 heterocycles. The van der Waals surface area contributed by atoms with Gasteiger partial charge in [0, 0.05) is 12.1 Å². The molecular weight excluding hydrogens is 410 g/mol. The summed E-state index contributed by atoms with van der Waals surface area (Å²) in [5, 5.41) is 0. The molecule has 2 N–H and O–H groups in total. The van der Waals surface area contributed by atoms with Crippen LogP contribution >= 0.6 is 0 Å². The number of carbonyl (C=O) groups is 2. The Morgan fingerprint density at radius 2 is 1.61 bits per heavy atom. The minimum Gasteiger partial charge on any atom is -0.439 e. The van der Waals surface area contributed by atoms with E-state index in [1.165, 1.54) is 0 Å². The van der Waals surface area contributed by atoms with Gasteiger partial charge < -0.3 is 10.5 Å². The third kappa shape index (κ3) is 4.99. The van der Waals surface area contributed by atoms with Gasteiger partial charge in [0.25, 0.3) is 0 Å². The molecule has 1 unspecified atom stereocenters. The Morgan fingerprint density at radius 1 is 1.07 bits per heavy atom. The maximum Gasteiger partial charge on any atom is 0.422 e. The predicted molar refractivity (Wildman–Crippen MR) is 77.5 cm³/mol. The van der Waals surface area contributed by atoms with Crippen molar-refractivity contribution in [2.24, 2.45) is 5.73 Å². The van der Waals surface area contributed by atoms with Gasteiger partial charge in [0.05, 0.1) is 17.9 Å². The molecule has 156 valence electrons. The molecule has 0 saturated heterocycles. The van der Waals surface area contributed by atoms with E-state index in [0.29, 0.717) is 0 Å². The number of carbonyl (C=O) groups excluding carboxylic acids is 2. The third-order valence-electron chi connectivity index (χ3n) is 3.48. The molecular formula is C14H11F8N3O3. The summed E-state index contributed by atoms with van der Waals surface area (Å²) in [6.07, 6.45) is -11.7. The summed E-state index contributed by atoms with van der Waals surface area (Å²) >= 11 is 0. The van der Waals surface area contributed by atoms with Crippen molar-refractivity contribution in [1.29, 1.82) is 0 Å². The first-order valence-electron chi connectivity index (χ1n) is 7.33. The molecule has 0 bridgehead atoms. The van der Waals surface area contributed by atoms with Crippen LogP contribution in [0, 0.1) is 11.6 Å². The Balaban J connectivity index is 2.54. The maximum absolute atomic E-state index is 13.6. The second-order valence-corrected chi connectivity index (χ2v) is 5.68. The first-order chi connectivity index (χ1) is 12.7. The van der Waals surface area contributed by atoms with E-state index in [-0.39, 0.29) is 21.9 Å². The highest BCUT2D eigenvalue weighted by molar-refractivity contribution is 6.05. The second-order valence-electron chi connectivity index (χ2n) is 5.68. The van der Waals surface area contributed by atoms with Crippen LogP contribution in [0.25, 0.3) is 0 Å². The zero-order valence-corrected chi connectivity index (χ0v) is 13.6. The van der Waals surface area contributed by atoms with Crippen molar-refractivity contribution in [2.45, 2.75) is 18.4 Å². The molecule has 28 heavy (non-hydrogen) atoms. The van der Waals surface area contributed by atoms with Gasteiger partial charge in [0.2, 0.25) is 5.91 Å². The largest absolute Gasteiger partial charge is 0.439 e. The Hall–Kier alpha value is -2.64. The molecule has 2 rings (SSSR count). The lowest BCUT2D eigenvalue weighted by molar-refractivity contribution is -0.159. The summed E-state index contributed by atoms with van der Waals surface area (Å²) in [5.41, 5.74) is 3.72. The van der Waals surface area contributed by atoms with Crippen molar-refractivity contribution in [2.75, 3.05) is 29.5 Å². The number of nitrogens with two attached hydrogens (primary N) is 1. The lowest BCUT2D eigenvalue weighted by atomic mass is 10.2. The summed E-state index contributed by atoms with van der Waals surface area (Å²) in [5.74, 6) is -4.68. The minimum absolute atomic E-state index is 0.0282. The fourth-order valence-electron chi connectivity index (χ4n) is 2.39. The lowest BCUT2D eigenvalue weighted by Crippen LogP contribution is -2.50. The smallest absolute Gasteiger partial charge is 0.422 e. The van der Waals surface area contributed by atoms with Gasteiger partial charge in [-0.05, 0) is 0 Å². The van der Waals surface area contributed by atoms with Crippen LogP contribution in [0.5, 0.6) is 0 Å². The van der Waals surface area contributed by atoms with Gasteiger partial charge in [-0.3, -0.25) is 14.6 Å². The number of hydrogen-bond donors (Lipinski definition) is 1. The minimum atomic E-state index is -4.98. The summed E-state index contributed by atoms with van der Waals surface area (Å²) in [4.78, 5) is 24.4. The molecule has 0 radical (unpaired) electrons. The van der Waals surface area contributed by atoms with Crippen molar-refractivity contribution in [1.82, 2.24) is 0 Å². The summed E-state index contributed by atoms with van der Waals surface area (Å²) in [6.45, 7) is -4.94. The number of fused-ring (bicyclic) bond motifs is 1. The zero-order chi connectivity index (χ0) is 21.4. The number of ether oxygens (including phenoxy) is 1. The van der Waals surface area contributed by atoms with E-state index in [2.05, 4.69) is 4.74 Å². The highest BCUT2D eigenvalue weighted by atomic mass is 19.4. The molecule has 0 aromatic heterocycles. The number of anilines is 2. The SMILES string of the molecule is NC1CN(C(=O)OCC(F)(F)F)c2cc(F)c(F)cc2N(CC(F)(F)F)C1=O. The van der Waals surface area contributed by atoms with Crippen LogP contribution in [0.1, 0.15) is 0 Å². The van der Waals surface area contributed by atoms with E-state index in [1.807, 2.05) is 0 Å². The van der Waals surface area contributed by atoms with Crippen LogP contribution in [-0.4, -0.2) is 50.1 Å². The van der Waals surface area contributed by atoms with Crippen molar-refractivity contribution >= 4 is 23.4 Å². The Kier molecular flexibility index (Phi) is 5.73. The molecule has 0 fully saturated rings. The van der Waals surface area contributed by atoms with Gasteiger partial charge in [-0.1, -0.05) is 0 Å². The van der Waals surface area contributed by atoms with E-state index < -0.39 is 73.1 Å². The molecule has 0 saturated carbocycles. The van der Waals surface area contributed by atoms with Gasteiger partial charge in [0.15, 0.2) is 18.2 Å². The summed E-state index contributed by atoms with van der Waals surface area (Å²) in [6, 6.07) is -1.37. The molecule has 1 aliphatic heterocycles. The van der Waals surface area contributed by atoms with E-state index >= 15 is 0 Å². The second kappa shape index (κ2) is 7.41. The van der Waals surface area contributed by atoms with Crippen LogP contribution in [-0.2, 0) is 9.53 Å². The molecule has 14 heteroatoms. The number of alkyl halides is 6. The van der Waals surface area contributed by atoms with E-state index in [1.54, 1.807) is 0 Å². The number of hydrogen-bond acceptors (Lipinski definition) is 4. The fraction of sp³-hybridized carbons (Fsp3) is 0.429. The van der Waals surface area contributed by atoms with Crippen LogP contribution in [0.15, 0.2) is 12.1 Å². The number of amides is 2. The topological polar surface area (TPSA) is 75.9 Å². The first-order valence-corrected chi connectivity index (χ1v) is 7.33. The van der Waals surface area contributed by atoms with Crippen molar-refractivity contribution in [3.63, 3.8) is 0 Å². The standard InChI is InChI=1S/C14H11F8N3O3/c15-6-1-9-10(2-7(6)16)25(4-13(17,18)19)11(26)8(23)3-24(9)12(27)28-5-14(20,21)22/h1-2,8H,3-5,23H2. The molecule has 1 aromatic carbocycles. The number of nitrogens with zero attached hydrogens (tertiary/aromatic N) is 2. The Bertz CT molecular complexity index is 780. The quantitative estimate of drug-likeness (QED) is 0.746. The number of benzene rings is 1. The van der Waals surface area contributed by atoms with Gasteiger partial charge in [0.1, 0.15) is 12.6 Å². The van der Waals surface area contributed by atoms with Crippen LogP contribution < -0.4 is 15.5 Å². The highest BCUT2D eigenvalue weighted by Gasteiger charge is 2.42. The van der Waals surface area contributed by atoms with Gasteiger partial charge >= 0.3 is 18.4 Å². The molecule has 1 atom stereocenters. The Labute approximate surface area is 151 Å². The van der Waals surface area contributed by atoms with Crippen molar-refractivity contribution in [3.8, 4) is 0 Å².